The average molecular weight is 301 g/mol. The lowest BCUT2D eigenvalue weighted by Gasteiger charge is -2.32. The summed E-state index contributed by atoms with van der Waals surface area (Å²) in [5.74, 6) is 0.716. The third-order valence-electron chi connectivity index (χ3n) is 5.09. The molecule has 1 aliphatic heterocycles. The molecule has 1 saturated carbocycles. The van der Waals surface area contributed by atoms with E-state index in [-0.39, 0.29) is 5.91 Å². The number of nitrogens with zero attached hydrogens (tertiary/aromatic N) is 2. The summed E-state index contributed by atoms with van der Waals surface area (Å²) < 4.78 is 0. The Hall–Kier alpha value is -1.55. The fourth-order valence-electron chi connectivity index (χ4n) is 3.66. The van der Waals surface area contributed by atoms with E-state index < -0.39 is 0 Å². The van der Waals surface area contributed by atoms with Crippen LogP contribution in [0.3, 0.4) is 0 Å². The number of nitrogen functional groups attached to an aromatic ring is 1. The highest BCUT2D eigenvalue weighted by Crippen LogP contribution is 2.34. The average Bonchev–Trinajstić information content (AvgIpc) is 2.55. The minimum absolute atomic E-state index is 0.137. The van der Waals surface area contributed by atoms with Crippen LogP contribution in [0, 0.1) is 0 Å². The Morgan fingerprint density at radius 2 is 1.73 bits per heavy atom. The largest absolute Gasteiger partial charge is 0.399 e. The Kier molecular flexibility index (Phi) is 4.67. The lowest BCUT2D eigenvalue weighted by Crippen LogP contribution is -2.47. The van der Waals surface area contributed by atoms with Crippen molar-refractivity contribution in [3.05, 3.63) is 29.3 Å². The minimum atomic E-state index is 0.137. The van der Waals surface area contributed by atoms with Crippen LogP contribution in [-0.2, 0) is 0 Å². The van der Waals surface area contributed by atoms with Gasteiger partial charge in [0, 0.05) is 37.4 Å². The normalized spacial score (nSPS) is 21.0. The fourth-order valence-corrected chi connectivity index (χ4v) is 3.66. The summed E-state index contributed by atoms with van der Waals surface area (Å²) in [5, 5.41) is 0. The molecule has 0 bridgehead atoms. The molecule has 4 heteroatoms. The van der Waals surface area contributed by atoms with Gasteiger partial charge in [0.1, 0.15) is 0 Å². The maximum absolute atomic E-state index is 12.7. The van der Waals surface area contributed by atoms with Crippen molar-refractivity contribution in [1.29, 1.82) is 0 Å². The van der Waals surface area contributed by atoms with E-state index in [0.29, 0.717) is 5.92 Å². The summed E-state index contributed by atoms with van der Waals surface area (Å²) in [5.41, 5.74) is 8.83. The van der Waals surface area contributed by atoms with Crippen molar-refractivity contribution in [2.75, 3.05) is 39.0 Å². The van der Waals surface area contributed by atoms with Gasteiger partial charge < -0.3 is 15.5 Å². The van der Waals surface area contributed by atoms with Crippen molar-refractivity contribution in [2.24, 2.45) is 0 Å². The SMILES string of the molecule is CN1CCN(C(=O)c2cc(N)cc(C3CCCCC3)c2)CC1. The van der Waals surface area contributed by atoms with Gasteiger partial charge in [-0.25, -0.2) is 0 Å². The Morgan fingerprint density at radius 1 is 1.05 bits per heavy atom. The number of piperazine rings is 1. The van der Waals surface area contributed by atoms with Gasteiger partial charge >= 0.3 is 0 Å². The third kappa shape index (κ3) is 3.43. The number of likely N-dealkylation sites (N-methyl/N-ethyl adjacent to an activating group) is 1. The van der Waals surface area contributed by atoms with E-state index in [9.17, 15) is 4.79 Å². The molecule has 2 aliphatic rings. The summed E-state index contributed by atoms with van der Waals surface area (Å²) in [6, 6.07) is 6.00. The minimum Gasteiger partial charge on any atom is -0.399 e. The zero-order valence-electron chi connectivity index (χ0n) is 13.6. The van der Waals surface area contributed by atoms with Gasteiger partial charge in [0.25, 0.3) is 5.91 Å². The number of amides is 1. The summed E-state index contributed by atoms with van der Waals surface area (Å²) in [4.78, 5) is 17.0. The van der Waals surface area contributed by atoms with Crippen molar-refractivity contribution in [1.82, 2.24) is 9.80 Å². The van der Waals surface area contributed by atoms with Gasteiger partial charge in [-0.3, -0.25) is 4.79 Å². The summed E-state index contributed by atoms with van der Waals surface area (Å²) in [7, 11) is 2.10. The van der Waals surface area contributed by atoms with Crippen LogP contribution >= 0.6 is 0 Å². The van der Waals surface area contributed by atoms with E-state index in [4.69, 9.17) is 5.73 Å². The van der Waals surface area contributed by atoms with Gasteiger partial charge in [-0.1, -0.05) is 19.3 Å². The number of benzene rings is 1. The van der Waals surface area contributed by atoms with E-state index in [2.05, 4.69) is 24.1 Å². The molecule has 1 saturated heterocycles. The Bertz CT molecular complexity index is 529. The number of hydrogen-bond acceptors (Lipinski definition) is 3. The molecule has 4 nitrogen and oxygen atoms in total. The summed E-state index contributed by atoms with van der Waals surface area (Å²) >= 11 is 0. The zero-order chi connectivity index (χ0) is 15.5. The van der Waals surface area contributed by atoms with Crippen LogP contribution in [-0.4, -0.2) is 48.9 Å². The van der Waals surface area contributed by atoms with Gasteiger partial charge in [0.15, 0.2) is 0 Å². The zero-order valence-corrected chi connectivity index (χ0v) is 13.6. The van der Waals surface area contributed by atoms with E-state index in [1.807, 2.05) is 11.0 Å². The van der Waals surface area contributed by atoms with Gasteiger partial charge in [-0.15, -0.1) is 0 Å². The Labute approximate surface area is 133 Å². The van der Waals surface area contributed by atoms with Gasteiger partial charge in [-0.2, -0.15) is 0 Å². The summed E-state index contributed by atoms with van der Waals surface area (Å²) in [6.07, 6.45) is 6.38. The molecule has 0 spiro atoms. The number of carbonyl (C=O) groups excluding carboxylic acids is 1. The topological polar surface area (TPSA) is 49.6 Å². The van der Waals surface area contributed by atoms with Crippen LogP contribution in [0.25, 0.3) is 0 Å². The van der Waals surface area contributed by atoms with Crippen LogP contribution in [0.15, 0.2) is 18.2 Å². The second kappa shape index (κ2) is 6.69. The highest BCUT2D eigenvalue weighted by molar-refractivity contribution is 5.95. The lowest BCUT2D eigenvalue weighted by molar-refractivity contribution is 0.0664. The molecule has 1 heterocycles. The number of anilines is 1. The van der Waals surface area contributed by atoms with Crippen LogP contribution in [0.4, 0.5) is 5.69 Å². The van der Waals surface area contributed by atoms with Gasteiger partial charge in [0.05, 0.1) is 0 Å². The van der Waals surface area contributed by atoms with E-state index in [1.54, 1.807) is 0 Å². The van der Waals surface area contributed by atoms with Crippen LogP contribution in [0.2, 0.25) is 0 Å². The first-order valence-electron chi connectivity index (χ1n) is 8.52. The maximum Gasteiger partial charge on any atom is 0.254 e. The second-order valence-electron chi connectivity index (χ2n) is 6.82. The first kappa shape index (κ1) is 15.3. The number of hydrogen-bond donors (Lipinski definition) is 1. The molecule has 120 valence electrons. The molecule has 1 aromatic rings. The molecule has 0 atom stereocenters. The van der Waals surface area contributed by atoms with Crippen molar-refractivity contribution < 1.29 is 4.79 Å². The molecular weight excluding hydrogens is 274 g/mol. The smallest absolute Gasteiger partial charge is 0.254 e. The molecule has 22 heavy (non-hydrogen) atoms. The Morgan fingerprint density at radius 3 is 2.41 bits per heavy atom. The van der Waals surface area contributed by atoms with Gasteiger partial charge in [-0.05, 0) is 49.6 Å². The predicted molar refractivity (Wildman–Crippen MR) is 90.1 cm³/mol. The number of carbonyl (C=O) groups is 1. The van der Waals surface area contributed by atoms with Crippen molar-refractivity contribution in [3.63, 3.8) is 0 Å². The molecule has 3 rings (SSSR count). The highest BCUT2D eigenvalue weighted by Gasteiger charge is 2.22. The quantitative estimate of drug-likeness (QED) is 0.855. The molecule has 1 aromatic carbocycles. The van der Waals surface area contributed by atoms with Crippen molar-refractivity contribution in [3.8, 4) is 0 Å². The third-order valence-corrected chi connectivity index (χ3v) is 5.09. The van der Waals surface area contributed by atoms with E-state index >= 15 is 0 Å². The predicted octanol–water partition coefficient (Wildman–Crippen LogP) is 2.70. The molecule has 2 fully saturated rings. The maximum atomic E-state index is 12.7. The van der Waals surface area contributed by atoms with Crippen LogP contribution in [0.5, 0.6) is 0 Å². The highest BCUT2D eigenvalue weighted by atomic mass is 16.2. The standard InChI is InChI=1S/C18H27N3O/c1-20-7-9-21(10-8-20)18(22)16-11-15(12-17(19)13-16)14-5-3-2-4-6-14/h11-14H,2-10,19H2,1H3. The van der Waals surface area contributed by atoms with Crippen molar-refractivity contribution in [2.45, 2.75) is 38.0 Å². The molecule has 1 amide bonds. The molecule has 0 radical (unpaired) electrons. The molecule has 0 aromatic heterocycles. The summed E-state index contributed by atoms with van der Waals surface area (Å²) in [6.45, 7) is 3.51. The fraction of sp³-hybridized carbons (Fsp3) is 0.611. The first-order valence-corrected chi connectivity index (χ1v) is 8.52. The molecule has 1 aliphatic carbocycles. The molecule has 0 unspecified atom stereocenters. The number of nitrogens with two attached hydrogens (primary N) is 1. The van der Waals surface area contributed by atoms with E-state index in [0.717, 1.165) is 37.4 Å². The lowest BCUT2D eigenvalue weighted by atomic mass is 9.83. The molecule has 2 N–H and O–H groups in total. The van der Waals surface area contributed by atoms with Gasteiger partial charge in [0.2, 0.25) is 0 Å². The molecular formula is C18H27N3O. The first-order chi connectivity index (χ1) is 10.6. The van der Waals surface area contributed by atoms with E-state index in [1.165, 1.54) is 37.7 Å². The monoisotopic (exact) mass is 301 g/mol. The Balaban J connectivity index is 1.78. The second-order valence-corrected chi connectivity index (χ2v) is 6.82. The number of rotatable bonds is 2. The van der Waals surface area contributed by atoms with Crippen LogP contribution in [0.1, 0.15) is 53.9 Å². The van der Waals surface area contributed by atoms with Crippen molar-refractivity contribution >= 4 is 11.6 Å². The van der Waals surface area contributed by atoms with Crippen LogP contribution < -0.4 is 5.73 Å².